The normalized spacial score (nSPS) is 29.8. The van der Waals surface area contributed by atoms with Gasteiger partial charge in [-0.3, -0.25) is 0 Å². The number of rotatable bonds is 2. The van der Waals surface area contributed by atoms with E-state index in [-0.39, 0.29) is 11.9 Å². The van der Waals surface area contributed by atoms with E-state index in [4.69, 9.17) is 10.9 Å². The molecule has 0 aromatic heterocycles. The highest BCUT2D eigenvalue weighted by Gasteiger charge is 2.40. The number of aliphatic hydroxyl groups excluding tert-OH is 1. The van der Waals surface area contributed by atoms with E-state index in [1.165, 1.54) is 5.69 Å². The number of nitrogens with zero attached hydrogens (tertiary/aromatic N) is 2. The van der Waals surface area contributed by atoms with E-state index in [1.54, 1.807) is 0 Å². The summed E-state index contributed by atoms with van der Waals surface area (Å²) in [5.41, 5.74) is 8.61. The molecule has 1 aromatic rings. The molecule has 2 fully saturated rings. The van der Waals surface area contributed by atoms with Crippen LogP contribution in [0.3, 0.4) is 0 Å². The van der Waals surface area contributed by atoms with Gasteiger partial charge in [-0.25, -0.2) is 0 Å². The molecule has 1 aromatic carbocycles. The van der Waals surface area contributed by atoms with Gasteiger partial charge in [0, 0.05) is 23.3 Å². The highest BCUT2D eigenvalue weighted by molar-refractivity contribution is 5.98. The summed E-state index contributed by atoms with van der Waals surface area (Å²) in [6.45, 7) is 1.97. The van der Waals surface area contributed by atoms with Crippen LogP contribution >= 0.6 is 0 Å². The third-order valence-electron chi connectivity index (χ3n) is 4.60. The van der Waals surface area contributed by atoms with Gasteiger partial charge in [-0.15, -0.1) is 0 Å². The lowest BCUT2D eigenvalue weighted by Gasteiger charge is -2.39. The van der Waals surface area contributed by atoms with Gasteiger partial charge in [0.25, 0.3) is 0 Å². The van der Waals surface area contributed by atoms with E-state index < -0.39 is 0 Å². The second-order valence-electron chi connectivity index (χ2n) is 5.90. The second-order valence-corrected chi connectivity index (χ2v) is 5.90. The highest BCUT2D eigenvalue weighted by Crippen LogP contribution is 2.39. The molecule has 2 aliphatic rings. The van der Waals surface area contributed by atoms with Crippen LogP contribution in [0.5, 0.6) is 0 Å². The van der Waals surface area contributed by atoms with Gasteiger partial charge >= 0.3 is 0 Å². The molecule has 5 heteroatoms. The van der Waals surface area contributed by atoms with Crippen molar-refractivity contribution in [1.82, 2.24) is 0 Å². The summed E-state index contributed by atoms with van der Waals surface area (Å²) in [7, 11) is 0. The quantitative estimate of drug-likeness (QED) is 0.331. The smallest absolute Gasteiger partial charge is 0.170 e. The van der Waals surface area contributed by atoms with Gasteiger partial charge in [-0.2, -0.15) is 0 Å². The number of hydrogen-bond acceptors (Lipinski definition) is 4. The number of hydrogen-bond donors (Lipinski definition) is 3. The van der Waals surface area contributed by atoms with Crippen LogP contribution in [0.1, 0.15) is 36.8 Å². The van der Waals surface area contributed by atoms with Crippen LogP contribution in [0.4, 0.5) is 5.69 Å². The summed E-state index contributed by atoms with van der Waals surface area (Å²) >= 11 is 0. The molecule has 20 heavy (non-hydrogen) atoms. The first-order valence-electron chi connectivity index (χ1n) is 7.15. The van der Waals surface area contributed by atoms with Crippen molar-refractivity contribution in [2.75, 3.05) is 4.90 Å². The molecule has 0 aliphatic carbocycles. The number of amidine groups is 1. The maximum atomic E-state index is 9.87. The fraction of sp³-hybridized carbons (Fsp3) is 0.533. The summed E-state index contributed by atoms with van der Waals surface area (Å²) < 4.78 is 0. The van der Waals surface area contributed by atoms with Crippen molar-refractivity contribution >= 4 is 11.5 Å². The third-order valence-corrected chi connectivity index (χ3v) is 4.60. The number of oxime groups is 1. The van der Waals surface area contributed by atoms with Gasteiger partial charge in [0.15, 0.2) is 5.84 Å². The number of fused-ring (bicyclic) bond motifs is 2. The van der Waals surface area contributed by atoms with E-state index in [1.807, 2.05) is 19.1 Å². The molecule has 2 saturated heterocycles. The third kappa shape index (κ3) is 2.12. The molecule has 2 atom stereocenters. The summed E-state index contributed by atoms with van der Waals surface area (Å²) in [5, 5.41) is 21.7. The Balaban J connectivity index is 1.90. The van der Waals surface area contributed by atoms with Crippen molar-refractivity contribution in [3.63, 3.8) is 0 Å². The molecule has 108 valence electrons. The molecule has 0 saturated carbocycles. The minimum absolute atomic E-state index is 0.145. The average molecular weight is 275 g/mol. The summed E-state index contributed by atoms with van der Waals surface area (Å²) in [6.07, 6.45) is 3.88. The number of anilines is 1. The SMILES string of the molecule is Cc1cc(N2C3CCC2CC(O)C3)ccc1/C(N)=N/O. The zero-order valence-electron chi connectivity index (χ0n) is 11.7. The van der Waals surface area contributed by atoms with E-state index >= 15 is 0 Å². The zero-order valence-corrected chi connectivity index (χ0v) is 11.7. The highest BCUT2D eigenvalue weighted by atomic mass is 16.4. The number of aliphatic hydroxyl groups is 1. The second kappa shape index (κ2) is 4.98. The summed E-state index contributed by atoms with van der Waals surface area (Å²) in [6, 6.07) is 6.92. The number of nitrogens with two attached hydrogens (primary N) is 1. The van der Waals surface area contributed by atoms with Crippen molar-refractivity contribution in [3.05, 3.63) is 29.3 Å². The Kier molecular flexibility index (Phi) is 3.30. The van der Waals surface area contributed by atoms with Crippen LogP contribution in [-0.2, 0) is 0 Å². The van der Waals surface area contributed by atoms with Gasteiger partial charge < -0.3 is 20.9 Å². The van der Waals surface area contributed by atoms with E-state index in [9.17, 15) is 5.11 Å². The first kappa shape index (κ1) is 13.2. The Bertz CT molecular complexity index is 530. The van der Waals surface area contributed by atoms with Crippen LogP contribution < -0.4 is 10.6 Å². The zero-order chi connectivity index (χ0) is 14.3. The Morgan fingerprint density at radius 3 is 2.50 bits per heavy atom. The van der Waals surface area contributed by atoms with Gasteiger partial charge in [0.1, 0.15) is 0 Å². The largest absolute Gasteiger partial charge is 0.409 e. The van der Waals surface area contributed by atoms with Gasteiger partial charge in [0.2, 0.25) is 0 Å². The monoisotopic (exact) mass is 275 g/mol. The molecule has 2 unspecified atom stereocenters. The van der Waals surface area contributed by atoms with Crippen molar-refractivity contribution < 1.29 is 10.3 Å². The number of aryl methyl sites for hydroxylation is 1. The Morgan fingerprint density at radius 2 is 1.95 bits per heavy atom. The predicted octanol–water partition coefficient (Wildman–Crippen LogP) is 1.58. The van der Waals surface area contributed by atoms with Crippen LogP contribution in [0.2, 0.25) is 0 Å². The molecule has 2 bridgehead atoms. The Morgan fingerprint density at radius 1 is 1.30 bits per heavy atom. The van der Waals surface area contributed by atoms with Gasteiger partial charge in [-0.05, 0) is 56.4 Å². The molecule has 0 spiro atoms. The fourth-order valence-corrected chi connectivity index (χ4v) is 3.72. The molecule has 0 radical (unpaired) electrons. The standard InChI is InChI=1S/C15H21N3O2/c1-9-6-10(4-5-14(9)15(16)17-20)18-11-2-3-12(18)8-13(19)7-11/h4-6,11-13,19-20H,2-3,7-8H2,1H3,(H2,16,17). The molecule has 4 N–H and O–H groups in total. The maximum absolute atomic E-state index is 9.87. The molecular weight excluding hydrogens is 254 g/mol. The molecule has 3 rings (SSSR count). The summed E-state index contributed by atoms with van der Waals surface area (Å²) in [5.74, 6) is 0.145. The Hall–Kier alpha value is -1.75. The minimum atomic E-state index is -0.152. The van der Waals surface area contributed by atoms with Gasteiger partial charge in [0.05, 0.1) is 6.10 Å². The number of benzene rings is 1. The lowest BCUT2D eigenvalue weighted by molar-refractivity contribution is 0.126. The van der Waals surface area contributed by atoms with Gasteiger partial charge in [-0.1, -0.05) is 5.16 Å². The lowest BCUT2D eigenvalue weighted by atomic mass is 9.98. The van der Waals surface area contributed by atoms with Crippen LogP contribution in [0.15, 0.2) is 23.4 Å². The van der Waals surface area contributed by atoms with Crippen LogP contribution in [-0.4, -0.2) is 34.3 Å². The molecule has 5 nitrogen and oxygen atoms in total. The molecular formula is C15H21N3O2. The van der Waals surface area contributed by atoms with E-state index in [0.717, 1.165) is 36.8 Å². The van der Waals surface area contributed by atoms with Crippen LogP contribution in [0.25, 0.3) is 0 Å². The lowest BCUT2D eigenvalue weighted by Crippen LogP contribution is -2.44. The van der Waals surface area contributed by atoms with E-state index in [0.29, 0.717) is 12.1 Å². The average Bonchev–Trinajstić information content (AvgIpc) is 2.70. The van der Waals surface area contributed by atoms with Crippen molar-refractivity contribution in [2.24, 2.45) is 10.9 Å². The Labute approximate surface area is 118 Å². The molecule has 2 aliphatic heterocycles. The van der Waals surface area contributed by atoms with Crippen molar-refractivity contribution in [1.29, 1.82) is 0 Å². The molecule has 2 heterocycles. The first-order valence-corrected chi connectivity index (χ1v) is 7.15. The summed E-state index contributed by atoms with van der Waals surface area (Å²) in [4.78, 5) is 2.44. The molecule has 0 amide bonds. The fourth-order valence-electron chi connectivity index (χ4n) is 3.72. The minimum Gasteiger partial charge on any atom is -0.409 e. The van der Waals surface area contributed by atoms with Crippen LogP contribution in [0, 0.1) is 6.92 Å². The predicted molar refractivity (Wildman–Crippen MR) is 78.2 cm³/mol. The van der Waals surface area contributed by atoms with Crippen molar-refractivity contribution in [2.45, 2.75) is 50.8 Å². The topological polar surface area (TPSA) is 82.1 Å². The number of piperidine rings is 1. The van der Waals surface area contributed by atoms with Crippen molar-refractivity contribution in [3.8, 4) is 0 Å². The first-order chi connectivity index (χ1) is 9.60. The maximum Gasteiger partial charge on any atom is 0.170 e. The van der Waals surface area contributed by atoms with E-state index in [2.05, 4.69) is 16.1 Å².